The lowest BCUT2D eigenvalue weighted by Crippen LogP contribution is -2.27. The van der Waals surface area contributed by atoms with Gasteiger partial charge in [0.25, 0.3) is 5.56 Å². The van der Waals surface area contributed by atoms with Gasteiger partial charge in [-0.25, -0.2) is 4.98 Å². The Labute approximate surface area is 111 Å². The van der Waals surface area contributed by atoms with Crippen LogP contribution in [0.2, 0.25) is 0 Å². The van der Waals surface area contributed by atoms with Crippen molar-refractivity contribution in [3.63, 3.8) is 0 Å². The van der Waals surface area contributed by atoms with E-state index < -0.39 is 0 Å². The minimum absolute atomic E-state index is 0.0620. The molecular formula is C13H19N3OS. The third-order valence-corrected chi connectivity index (χ3v) is 3.70. The summed E-state index contributed by atoms with van der Waals surface area (Å²) in [6.45, 7) is 6.90. The molecule has 5 heteroatoms. The lowest BCUT2D eigenvalue weighted by atomic mass is 10.1. The van der Waals surface area contributed by atoms with Crippen LogP contribution in [0.25, 0.3) is 10.2 Å². The van der Waals surface area contributed by atoms with Gasteiger partial charge in [-0.1, -0.05) is 13.8 Å². The highest BCUT2D eigenvalue weighted by Gasteiger charge is 2.04. The molecule has 0 fully saturated rings. The normalized spacial score (nSPS) is 11.5. The van der Waals surface area contributed by atoms with Crippen molar-refractivity contribution in [2.45, 2.75) is 26.8 Å². The molecule has 0 aromatic carbocycles. The summed E-state index contributed by atoms with van der Waals surface area (Å²) in [4.78, 5) is 17.2. The first-order chi connectivity index (χ1) is 8.68. The van der Waals surface area contributed by atoms with Crippen molar-refractivity contribution < 1.29 is 0 Å². The minimum atomic E-state index is 0.0620. The van der Waals surface area contributed by atoms with Crippen LogP contribution >= 0.6 is 11.3 Å². The van der Waals surface area contributed by atoms with Gasteiger partial charge >= 0.3 is 0 Å². The predicted molar refractivity (Wildman–Crippen MR) is 76.2 cm³/mol. The molecule has 0 aliphatic rings. The van der Waals surface area contributed by atoms with Gasteiger partial charge in [0.2, 0.25) is 0 Å². The first-order valence-corrected chi connectivity index (χ1v) is 7.20. The topological polar surface area (TPSA) is 46.9 Å². The summed E-state index contributed by atoms with van der Waals surface area (Å²) >= 11 is 1.51. The Bertz CT molecular complexity index is 559. The average molecular weight is 265 g/mol. The Kier molecular flexibility index (Phi) is 4.49. The maximum Gasteiger partial charge on any atom is 0.262 e. The largest absolute Gasteiger partial charge is 0.315 e. The molecule has 0 radical (unpaired) electrons. The molecule has 0 saturated carbocycles. The zero-order valence-corrected chi connectivity index (χ0v) is 11.7. The van der Waals surface area contributed by atoms with Crippen LogP contribution in [0.15, 0.2) is 22.6 Å². The maximum absolute atomic E-state index is 12.1. The van der Waals surface area contributed by atoms with Crippen molar-refractivity contribution in [2.24, 2.45) is 5.92 Å². The van der Waals surface area contributed by atoms with Crippen molar-refractivity contribution >= 4 is 21.6 Å². The Balaban J connectivity index is 1.91. The second-order valence-electron chi connectivity index (χ2n) is 4.82. The maximum atomic E-state index is 12.1. The van der Waals surface area contributed by atoms with Crippen molar-refractivity contribution in [1.82, 2.24) is 14.9 Å². The second-order valence-corrected chi connectivity index (χ2v) is 5.71. The Morgan fingerprint density at radius 3 is 3.06 bits per heavy atom. The number of nitrogens with one attached hydrogen (secondary N) is 1. The first kappa shape index (κ1) is 13.2. The number of thiophene rings is 1. The van der Waals surface area contributed by atoms with E-state index in [1.807, 2.05) is 11.4 Å². The fourth-order valence-electron chi connectivity index (χ4n) is 1.77. The summed E-state index contributed by atoms with van der Waals surface area (Å²) < 4.78 is 1.68. The van der Waals surface area contributed by atoms with Crippen LogP contribution in [-0.2, 0) is 6.54 Å². The van der Waals surface area contributed by atoms with Crippen LogP contribution in [0, 0.1) is 5.92 Å². The van der Waals surface area contributed by atoms with Crippen molar-refractivity contribution in [3.8, 4) is 0 Å². The summed E-state index contributed by atoms with van der Waals surface area (Å²) in [6.07, 6.45) is 2.81. The van der Waals surface area contributed by atoms with Gasteiger partial charge in [-0.2, -0.15) is 0 Å². The summed E-state index contributed by atoms with van der Waals surface area (Å²) in [5.74, 6) is 0.712. The van der Waals surface area contributed by atoms with E-state index in [1.165, 1.54) is 11.3 Å². The van der Waals surface area contributed by atoms with Crippen molar-refractivity contribution in [2.75, 3.05) is 13.1 Å². The minimum Gasteiger partial charge on any atom is -0.315 e. The Morgan fingerprint density at radius 2 is 2.28 bits per heavy atom. The van der Waals surface area contributed by atoms with Crippen molar-refractivity contribution in [3.05, 3.63) is 28.1 Å². The molecule has 2 aromatic rings. The number of hydrogen-bond donors (Lipinski definition) is 1. The lowest BCUT2D eigenvalue weighted by molar-refractivity contribution is 0.515. The SMILES string of the molecule is CC(C)CCNCCn1cnc2sccc2c1=O. The van der Waals surface area contributed by atoms with Crippen LogP contribution < -0.4 is 10.9 Å². The molecule has 4 nitrogen and oxygen atoms in total. The summed E-state index contributed by atoms with van der Waals surface area (Å²) in [7, 11) is 0. The molecule has 0 unspecified atom stereocenters. The number of rotatable bonds is 6. The van der Waals surface area contributed by atoms with Gasteiger partial charge in [0.1, 0.15) is 4.83 Å². The van der Waals surface area contributed by atoms with Gasteiger partial charge in [0, 0.05) is 13.1 Å². The monoisotopic (exact) mass is 265 g/mol. The molecule has 2 aromatic heterocycles. The molecular weight excluding hydrogens is 246 g/mol. The molecule has 0 amide bonds. The third-order valence-electron chi connectivity index (χ3n) is 2.88. The standard InChI is InChI=1S/C13H19N3OS/c1-10(2)3-5-14-6-7-16-9-15-12-11(13(16)17)4-8-18-12/h4,8-10,14H,3,5-7H2,1-2H3. The molecule has 1 N–H and O–H groups in total. The molecule has 18 heavy (non-hydrogen) atoms. The van der Waals surface area contributed by atoms with Gasteiger partial charge in [-0.3, -0.25) is 9.36 Å². The Morgan fingerprint density at radius 1 is 1.44 bits per heavy atom. The van der Waals surface area contributed by atoms with Gasteiger partial charge in [0.05, 0.1) is 11.7 Å². The molecule has 0 aliphatic carbocycles. The van der Waals surface area contributed by atoms with Gasteiger partial charge < -0.3 is 5.32 Å². The summed E-state index contributed by atoms with van der Waals surface area (Å²) in [5, 5.41) is 5.98. The van der Waals surface area contributed by atoms with E-state index in [9.17, 15) is 4.79 Å². The number of hydrogen-bond acceptors (Lipinski definition) is 4. The van der Waals surface area contributed by atoms with E-state index in [2.05, 4.69) is 24.1 Å². The van der Waals surface area contributed by atoms with Crippen LogP contribution in [0.4, 0.5) is 0 Å². The molecule has 2 rings (SSSR count). The van der Waals surface area contributed by atoms with E-state index in [0.29, 0.717) is 12.5 Å². The average Bonchev–Trinajstić information content (AvgIpc) is 2.80. The fourth-order valence-corrected chi connectivity index (χ4v) is 2.49. The highest BCUT2D eigenvalue weighted by atomic mass is 32.1. The van der Waals surface area contributed by atoms with Gasteiger partial charge in [-0.15, -0.1) is 11.3 Å². The molecule has 0 atom stereocenters. The quantitative estimate of drug-likeness (QED) is 0.814. The molecule has 2 heterocycles. The molecule has 98 valence electrons. The van der Waals surface area contributed by atoms with Crippen molar-refractivity contribution in [1.29, 1.82) is 0 Å². The predicted octanol–water partition coefficient (Wildman–Crippen LogP) is 2.09. The van der Waals surface area contributed by atoms with E-state index >= 15 is 0 Å². The molecule has 0 saturated heterocycles. The van der Waals surface area contributed by atoms with Gasteiger partial charge in [0.15, 0.2) is 0 Å². The van der Waals surface area contributed by atoms with E-state index in [0.717, 1.165) is 29.7 Å². The highest BCUT2D eigenvalue weighted by Crippen LogP contribution is 2.12. The summed E-state index contributed by atoms with van der Waals surface area (Å²) in [6, 6.07) is 1.85. The van der Waals surface area contributed by atoms with Crippen LogP contribution in [0.1, 0.15) is 20.3 Å². The van der Waals surface area contributed by atoms with Crippen LogP contribution in [0.3, 0.4) is 0 Å². The first-order valence-electron chi connectivity index (χ1n) is 6.32. The molecule has 0 bridgehead atoms. The Hall–Kier alpha value is -1.20. The number of fused-ring (bicyclic) bond motifs is 1. The zero-order chi connectivity index (χ0) is 13.0. The molecule has 0 aliphatic heterocycles. The molecule has 0 spiro atoms. The smallest absolute Gasteiger partial charge is 0.262 e. The van der Waals surface area contributed by atoms with E-state index in [4.69, 9.17) is 0 Å². The number of nitrogens with zero attached hydrogens (tertiary/aromatic N) is 2. The second kappa shape index (κ2) is 6.11. The van der Waals surface area contributed by atoms with E-state index in [1.54, 1.807) is 10.9 Å². The fraction of sp³-hybridized carbons (Fsp3) is 0.538. The summed E-state index contributed by atoms with van der Waals surface area (Å²) in [5.41, 5.74) is 0.0620. The lowest BCUT2D eigenvalue weighted by Gasteiger charge is -2.08. The van der Waals surface area contributed by atoms with E-state index in [-0.39, 0.29) is 5.56 Å². The van der Waals surface area contributed by atoms with Crippen LogP contribution in [-0.4, -0.2) is 22.6 Å². The zero-order valence-electron chi connectivity index (χ0n) is 10.8. The van der Waals surface area contributed by atoms with Gasteiger partial charge in [-0.05, 0) is 30.3 Å². The number of aromatic nitrogens is 2. The highest BCUT2D eigenvalue weighted by molar-refractivity contribution is 7.16. The van der Waals surface area contributed by atoms with Crippen LogP contribution in [0.5, 0.6) is 0 Å². The third kappa shape index (κ3) is 3.17.